The smallest absolute Gasteiger partial charge is 0.273 e. The fraction of sp³-hybridized carbons (Fsp3) is 0.667. The first-order chi connectivity index (χ1) is 8.52. The maximum absolute atomic E-state index is 12.3. The molecule has 1 fully saturated rings. The van der Waals surface area contributed by atoms with Crippen molar-refractivity contribution in [1.82, 2.24) is 9.88 Å². The number of thiazole rings is 1. The Bertz CT molecular complexity index is 436. The number of nitrogens with two attached hydrogens (primary N) is 1. The lowest BCUT2D eigenvalue weighted by molar-refractivity contribution is 0.0743. The molecule has 1 saturated heterocycles. The third kappa shape index (κ3) is 4.34. The van der Waals surface area contributed by atoms with Crippen LogP contribution in [0.15, 0.2) is 5.38 Å². The molecule has 2 N–H and O–H groups in total. The van der Waals surface area contributed by atoms with Gasteiger partial charge in [0.25, 0.3) is 5.91 Å². The first kappa shape index (κ1) is 16.8. The zero-order valence-electron chi connectivity index (χ0n) is 11.2. The molecule has 0 aromatic carbocycles. The average Bonchev–Trinajstić information content (AvgIpc) is 2.76. The maximum atomic E-state index is 12.3. The van der Waals surface area contributed by atoms with Crippen molar-refractivity contribution in [1.29, 1.82) is 0 Å². The topological polar surface area (TPSA) is 59.2 Å². The number of carbonyl (C=O) groups is 1. The molecule has 19 heavy (non-hydrogen) atoms. The summed E-state index contributed by atoms with van der Waals surface area (Å²) in [5.41, 5.74) is 6.07. The van der Waals surface area contributed by atoms with Gasteiger partial charge in [-0.1, -0.05) is 0 Å². The largest absolute Gasteiger partial charge is 0.335 e. The number of rotatable bonds is 3. The molecule has 1 aromatic rings. The number of amides is 1. The van der Waals surface area contributed by atoms with E-state index >= 15 is 0 Å². The van der Waals surface area contributed by atoms with Crippen LogP contribution in [-0.4, -0.2) is 45.9 Å². The van der Waals surface area contributed by atoms with Crippen molar-refractivity contribution >= 4 is 41.4 Å². The summed E-state index contributed by atoms with van der Waals surface area (Å²) in [5.74, 6) is 1.06. The fourth-order valence-electron chi connectivity index (χ4n) is 2.00. The van der Waals surface area contributed by atoms with Crippen molar-refractivity contribution in [2.45, 2.75) is 25.0 Å². The number of hydrogen-bond donors (Lipinski definition) is 1. The van der Waals surface area contributed by atoms with Gasteiger partial charge in [0.05, 0.1) is 5.01 Å². The Labute approximate surface area is 128 Å². The molecule has 2 heterocycles. The summed E-state index contributed by atoms with van der Waals surface area (Å²) in [6.07, 6.45) is 0.749. The van der Waals surface area contributed by atoms with E-state index < -0.39 is 0 Å². The number of carbonyl (C=O) groups excluding carboxylic acids is 1. The second-order valence-corrected chi connectivity index (χ2v) is 7.74. The highest BCUT2D eigenvalue weighted by Gasteiger charge is 2.30. The lowest BCUT2D eigenvalue weighted by Gasteiger charge is -2.37. The summed E-state index contributed by atoms with van der Waals surface area (Å²) in [4.78, 5) is 18.6. The Hall–Kier alpha value is -0.300. The van der Waals surface area contributed by atoms with Crippen LogP contribution in [0.5, 0.6) is 0 Å². The van der Waals surface area contributed by atoms with Crippen LogP contribution in [0.2, 0.25) is 0 Å². The number of aromatic nitrogens is 1. The molecule has 1 aliphatic heterocycles. The highest BCUT2D eigenvalue weighted by molar-refractivity contribution is 8.00. The van der Waals surface area contributed by atoms with Crippen LogP contribution in [0.1, 0.15) is 29.3 Å². The zero-order valence-corrected chi connectivity index (χ0v) is 13.7. The Morgan fingerprint density at radius 3 is 2.95 bits per heavy atom. The van der Waals surface area contributed by atoms with Crippen LogP contribution in [0, 0.1) is 0 Å². The van der Waals surface area contributed by atoms with Gasteiger partial charge in [0.15, 0.2) is 0 Å². The van der Waals surface area contributed by atoms with E-state index in [1.807, 2.05) is 22.0 Å². The SMILES string of the molecule is CC1(C)CN(C(=O)c2csc(CCN)n2)CCS1.Cl. The minimum Gasteiger partial charge on any atom is -0.335 e. The van der Waals surface area contributed by atoms with Gasteiger partial charge in [0.1, 0.15) is 5.69 Å². The number of nitrogens with zero attached hydrogens (tertiary/aromatic N) is 2. The predicted octanol–water partition coefficient (Wildman–Crippen LogP) is 2.03. The minimum atomic E-state index is 0. The Morgan fingerprint density at radius 1 is 1.58 bits per heavy atom. The van der Waals surface area contributed by atoms with Crippen LogP contribution in [-0.2, 0) is 6.42 Å². The average molecular weight is 322 g/mol. The van der Waals surface area contributed by atoms with Crippen molar-refractivity contribution in [3.63, 3.8) is 0 Å². The highest BCUT2D eigenvalue weighted by Crippen LogP contribution is 2.30. The summed E-state index contributed by atoms with van der Waals surface area (Å²) in [6.45, 7) is 6.54. The zero-order chi connectivity index (χ0) is 13.2. The van der Waals surface area contributed by atoms with Crippen LogP contribution in [0.25, 0.3) is 0 Å². The van der Waals surface area contributed by atoms with Crippen LogP contribution >= 0.6 is 35.5 Å². The van der Waals surface area contributed by atoms with Gasteiger partial charge in [-0.05, 0) is 20.4 Å². The van der Waals surface area contributed by atoms with Crippen LogP contribution < -0.4 is 5.73 Å². The number of thioether (sulfide) groups is 1. The lowest BCUT2D eigenvalue weighted by Crippen LogP contribution is -2.46. The molecule has 0 radical (unpaired) electrons. The molecular formula is C12H20ClN3OS2. The number of hydrogen-bond acceptors (Lipinski definition) is 5. The van der Waals surface area contributed by atoms with Crippen molar-refractivity contribution < 1.29 is 4.79 Å². The molecule has 0 bridgehead atoms. The maximum Gasteiger partial charge on any atom is 0.273 e. The molecular weight excluding hydrogens is 302 g/mol. The summed E-state index contributed by atoms with van der Waals surface area (Å²) in [7, 11) is 0. The van der Waals surface area contributed by atoms with Gasteiger partial charge in [0.2, 0.25) is 0 Å². The second-order valence-electron chi connectivity index (χ2n) is 5.00. The predicted molar refractivity (Wildman–Crippen MR) is 84.6 cm³/mol. The Kier molecular flexibility index (Phi) is 6.11. The van der Waals surface area contributed by atoms with E-state index in [9.17, 15) is 4.79 Å². The molecule has 7 heteroatoms. The van der Waals surface area contributed by atoms with Crippen LogP contribution in [0.3, 0.4) is 0 Å². The Morgan fingerprint density at radius 2 is 2.32 bits per heavy atom. The molecule has 2 rings (SSSR count). The molecule has 1 aromatic heterocycles. The molecule has 1 aliphatic rings. The quantitative estimate of drug-likeness (QED) is 0.925. The van der Waals surface area contributed by atoms with Crippen molar-refractivity contribution in [2.75, 3.05) is 25.4 Å². The molecule has 0 unspecified atom stereocenters. The third-order valence-corrected chi connectivity index (χ3v) is 5.05. The highest BCUT2D eigenvalue weighted by atomic mass is 35.5. The van der Waals surface area contributed by atoms with E-state index in [1.165, 1.54) is 11.3 Å². The van der Waals surface area contributed by atoms with Gasteiger partial charge >= 0.3 is 0 Å². The molecule has 0 saturated carbocycles. The molecule has 1 amide bonds. The normalized spacial score (nSPS) is 17.9. The van der Waals surface area contributed by atoms with Gasteiger partial charge < -0.3 is 10.6 Å². The van der Waals surface area contributed by atoms with Crippen molar-refractivity contribution in [3.8, 4) is 0 Å². The molecule has 0 spiro atoms. The van der Waals surface area contributed by atoms with Crippen molar-refractivity contribution in [3.05, 3.63) is 16.1 Å². The summed E-state index contributed by atoms with van der Waals surface area (Å²) < 4.78 is 0.143. The molecule has 0 aliphatic carbocycles. The van der Waals surface area contributed by atoms with Gasteiger partial charge in [-0.3, -0.25) is 4.79 Å². The Balaban J connectivity index is 0.00000180. The lowest BCUT2D eigenvalue weighted by atomic mass is 10.2. The standard InChI is InChI=1S/C12H19N3OS2.ClH/c1-12(2)8-15(5-6-18-12)11(16)9-7-17-10(14-9)3-4-13;/h7H,3-6,8,13H2,1-2H3;1H. The monoisotopic (exact) mass is 321 g/mol. The first-order valence-corrected chi connectivity index (χ1v) is 7.96. The molecule has 0 atom stereocenters. The van der Waals surface area contributed by atoms with Crippen molar-refractivity contribution in [2.24, 2.45) is 5.73 Å². The van der Waals surface area contributed by atoms with E-state index in [0.717, 1.165) is 30.3 Å². The van der Waals surface area contributed by atoms with E-state index in [1.54, 1.807) is 0 Å². The van der Waals surface area contributed by atoms with Crippen LogP contribution in [0.4, 0.5) is 0 Å². The second kappa shape index (κ2) is 6.92. The molecule has 4 nitrogen and oxygen atoms in total. The van der Waals surface area contributed by atoms with E-state index in [0.29, 0.717) is 12.2 Å². The summed E-state index contributed by atoms with van der Waals surface area (Å²) in [5, 5.41) is 2.80. The van der Waals surface area contributed by atoms with E-state index in [2.05, 4.69) is 18.8 Å². The van der Waals surface area contributed by atoms with Gasteiger partial charge in [0, 0.05) is 35.4 Å². The molecule has 108 valence electrons. The van der Waals surface area contributed by atoms with Gasteiger partial charge in [-0.15, -0.1) is 23.7 Å². The summed E-state index contributed by atoms with van der Waals surface area (Å²) >= 11 is 3.44. The minimum absolute atomic E-state index is 0. The third-order valence-electron chi connectivity index (χ3n) is 2.84. The van der Waals surface area contributed by atoms with E-state index in [-0.39, 0.29) is 23.1 Å². The number of halogens is 1. The fourth-order valence-corrected chi connectivity index (χ4v) is 3.90. The van der Waals surface area contributed by atoms with Gasteiger partial charge in [-0.2, -0.15) is 11.8 Å². The summed E-state index contributed by atoms with van der Waals surface area (Å²) in [6, 6.07) is 0. The first-order valence-electron chi connectivity index (χ1n) is 6.09. The van der Waals surface area contributed by atoms with Gasteiger partial charge in [-0.25, -0.2) is 4.98 Å². The van der Waals surface area contributed by atoms with E-state index in [4.69, 9.17) is 5.73 Å².